The number of halogens is 1. The molecular formula is C22H22BrN3O3. The number of nitrogens with one attached hydrogen (secondary N) is 1. The molecule has 6 nitrogen and oxygen atoms in total. The molecule has 29 heavy (non-hydrogen) atoms. The van der Waals surface area contributed by atoms with Gasteiger partial charge in [-0.15, -0.1) is 0 Å². The van der Waals surface area contributed by atoms with Crippen molar-refractivity contribution in [2.75, 3.05) is 19.0 Å². The van der Waals surface area contributed by atoms with Crippen LogP contribution in [0.3, 0.4) is 0 Å². The molecule has 0 saturated carbocycles. The Balaban J connectivity index is 1.47. The van der Waals surface area contributed by atoms with Gasteiger partial charge < -0.3 is 14.8 Å². The van der Waals surface area contributed by atoms with Crippen molar-refractivity contribution in [1.82, 2.24) is 9.78 Å². The number of nitrogens with zero attached hydrogens (tertiary/aromatic N) is 2. The summed E-state index contributed by atoms with van der Waals surface area (Å²) < 4.78 is 13.6. The van der Waals surface area contributed by atoms with Gasteiger partial charge in [0.2, 0.25) is 5.91 Å². The van der Waals surface area contributed by atoms with Crippen LogP contribution >= 0.6 is 15.9 Å². The lowest BCUT2D eigenvalue weighted by molar-refractivity contribution is -0.111. The van der Waals surface area contributed by atoms with Gasteiger partial charge >= 0.3 is 0 Å². The van der Waals surface area contributed by atoms with E-state index in [0.717, 1.165) is 15.6 Å². The van der Waals surface area contributed by atoms with Gasteiger partial charge in [-0.1, -0.05) is 46.3 Å². The van der Waals surface area contributed by atoms with E-state index in [1.165, 1.54) is 6.08 Å². The maximum absolute atomic E-state index is 12.2. The normalized spacial score (nSPS) is 11.0. The van der Waals surface area contributed by atoms with E-state index in [1.54, 1.807) is 30.3 Å². The third-order valence-electron chi connectivity index (χ3n) is 4.08. The number of methoxy groups -OCH3 is 1. The second-order valence-electron chi connectivity index (χ2n) is 6.24. The van der Waals surface area contributed by atoms with Gasteiger partial charge in [0.1, 0.15) is 5.75 Å². The van der Waals surface area contributed by atoms with Crippen molar-refractivity contribution in [1.29, 1.82) is 0 Å². The zero-order chi connectivity index (χ0) is 20.5. The smallest absolute Gasteiger partial charge is 0.248 e. The second-order valence-corrected chi connectivity index (χ2v) is 7.15. The van der Waals surface area contributed by atoms with Crippen LogP contribution in [0.25, 0.3) is 6.08 Å². The van der Waals surface area contributed by atoms with Crippen molar-refractivity contribution >= 4 is 33.6 Å². The number of hydrogen-bond donors (Lipinski definition) is 1. The number of hydrogen-bond acceptors (Lipinski definition) is 4. The minimum Gasteiger partial charge on any atom is -0.496 e. The average molecular weight is 456 g/mol. The van der Waals surface area contributed by atoms with Crippen LogP contribution in [0.1, 0.15) is 11.1 Å². The predicted molar refractivity (Wildman–Crippen MR) is 117 cm³/mol. The second kappa shape index (κ2) is 10.6. The van der Waals surface area contributed by atoms with Gasteiger partial charge in [0.15, 0.2) is 0 Å². The summed E-state index contributed by atoms with van der Waals surface area (Å²) in [5.41, 5.74) is 2.57. The van der Waals surface area contributed by atoms with Gasteiger partial charge in [-0.3, -0.25) is 9.48 Å². The van der Waals surface area contributed by atoms with Crippen LogP contribution in [0.15, 0.2) is 71.5 Å². The van der Waals surface area contributed by atoms with Crippen LogP contribution in [0.5, 0.6) is 5.75 Å². The molecule has 0 saturated heterocycles. The molecule has 0 unspecified atom stereocenters. The minimum absolute atomic E-state index is 0.244. The summed E-state index contributed by atoms with van der Waals surface area (Å²) in [6, 6.07) is 15.6. The monoisotopic (exact) mass is 455 g/mol. The SMILES string of the molecule is COc1ccc(Br)cc1/C=C/C(=O)Nc1cnn(CCOCc2ccccc2)c1. The number of aromatic nitrogens is 2. The standard InChI is InChI=1S/C22H22BrN3O3/c1-28-21-9-8-19(23)13-18(21)7-10-22(27)25-20-14-24-26(15-20)11-12-29-16-17-5-3-2-4-6-17/h2-10,13-15H,11-12,16H2,1H3,(H,25,27)/b10-7+. The highest BCUT2D eigenvalue weighted by Gasteiger charge is 2.04. The Kier molecular flexibility index (Phi) is 7.61. The quantitative estimate of drug-likeness (QED) is 0.380. The third kappa shape index (κ3) is 6.58. The molecule has 1 heterocycles. The van der Waals surface area contributed by atoms with Crippen LogP contribution in [-0.2, 0) is 22.7 Å². The molecule has 3 rings (SSSR count). The van der Waals surface area contributed by atoms with E-state index in [1.807, 2.05) is 48.5 Å². The number of ether oxygens (including phenoxy) is 2. The lowest BCUT2D eigenvalue weighted by Crippen LogP contribution is -2.08. The molecule has 1 aromatic heterocycles. The van der Waals surface area contributed by atoms with E-state index in [9.17, 15) is 4.79 Å². The molecule has 7 heteroatoms. The Morgan fingerprint density at radius 1 is 1.24 bits per heavy atom. The number of anilines is 1. The summed E-state index contributed by atoms with van der Waals surface area (Å²) in [4.78, 5) is 12.2. The lowest BCUT2D eigenvalue weighted by Gasteiger charge is -2.05. The highest BCUT2D eigenvalue weighted by molar-refractivity contribution is 9.10. The molecule has 150 valence electrons. The summed E-state index contributed by atoms with van der Waals surface area (Å²) >= 11 is 3.42. The fraction of sp³-hybridized carbons (Fsp3) is 0.182. The van der Waals surface area contributed by atoms with E-state index >= 15 is 0 Å². The van der Waals surface area contributed by atoms with E-state index in [-0.39, 0.29) is 5.91 Å². The van der Waals surface area contributed by atoms with Crippen molar-refractivity contribution in [3.05, 3.63) is 82.6 Å². The van der Waals surface area contributed by atoms with Crippen LogP contribution in [-0.4, -0.2) is 29.4 Å². The van der Waals surface area contributed by atoms with Gasteiger partial charge in [0, 0.05) is 22.3 Å². The molecule has 0 bridgehead atoms. The van der Waals surface area contributed by atoms with Gasteiger partial charge in [-0.25, -0.2) is 0 Å². The minimum atomic E-state index is -0.244. The first kappa shape index (κ1) is 20.8. The van der Waals surface area contributed by atoms with Gasteiger partial charge in [0.05, 0.1) is 38.8 Å². The Bertz CT molecular complexity index is 970. The molecule has 1 N–H and O–H groups in total. The fourth-order valence-electron chi connectivity index (χ4n) is 2.66. The van der Waals surface area contributed by atoms with Crippen molar-refractivity contribution in [2.45, 2.75) is 13.2 Å². The van der Waals surface area contributed by atoms with Gasteiger partial charge in [-0.2, -0.15) is 5.10 Å². The summed E-state index contributed by atoms with van der Waals surface area (Å²) in [5.74, 6) is 0.451. The average Bonchev–Trinajstić information content (AvgIpc) is 3.17. The Morgan fingerprint density at radius 2 is 2.07 bits per heavy atom. The Labute approximate surface area is 178 Å². The van der Waals surface area contributed by atoms with E-state index < -0.39 is 0 Å². The van der Waals surface area contributed by atoms with Crippen molar-refractivity contribution in [3.8, 4) is 5.75 Å². The van der Waals surface area contributed by atoms with Crippen LogP contribution in [0.2, 0.25) is 0 Å². The maximum Gasteiger partial charge on any atom is 0.248 e. The number of carbonyl (C=O) groups is 1. The van der Waals surface area contributed by atoms with E-state index in [4.69, 9.17) is 9.47 Å². The zero-order valence-corrected chi connectivity index (χ0v) is 17.6. The Hall–Kier alpha value is -2.90. The molecule has 0 radical (unpaired) electrons. The molecule has 0 spiro atoms. The number of rotatable bonds is 9. The lowest BCUT2D eigenvalue weighted by atomic mass is 10.2. The van der Waals surface area contributed by atoms with Gasteiger partial charge in [-0.05, 0) is 29.8 Å². The first-order chi connectivity index (χ1) is 14.1. The number of benzene rings is 2. The molecule has 3 aromatic rings. The molecular weight excluding hydrogens is 434 g/mol. The molecule has 0 aliphatic heterocycles. The van der Waals surface area contributed by atoms with Crippen LogP contribution < -0.4 is 10.1 Å². The molecule has 0 aliphatic carbocycles. The summed E-state index contributed by atoms with van der Waals surface area (Å²) in [6.07, 6.45) is 6.56. The predicted octanol–water partition coefficient (Wildman–Crippen LogP) is 4.52. The van der Waals surface area contributed by atoms with E-state index in [0.29, 0.717) is 31.2 Å². The van der Waals surface area contributed by atoms with Crippen LogP contribution in [0, 0.1) is 0 Å². The molecule has 2 aromatic carbocycles. The molecule has 1 amide bonds. The van der Waals surface area contributed by atoms with Crippen LogP contribution in [0.4, 0.5) is 5.69 Å². The largest absolute Gasteiger partial charge is 0.496 e. The number of carbonyl (C=O) groups excluding carboxylic acids is 1. The first-order valence-corrected chi connectivity index (χ1v) is 9.90. The zero-order valence-electron chi connectivity index (χ0n) is 16.0. The summed E-state index contributed by atoms with van der Waals surface area (Å²) in [5, 5.41) is 7.04. The Morgan fingerprint density at radius 3 is 2.86 bits per heavy atom. The number of amides is 1. The molecule has 0 atom stereocenters. The summed E-state index contributed by atoms with van der Waals surface area (Å²) in [6.45, 7) is 1.70. The van der Waals surface area contributed by atoms with E-state index in [2.05, 4.69) is 26.3 Å². The van der Waals surface area contributed by atoms with Gasteiger partial charge in [0.25, 0.3) is 0 Å². The first-order valence-electron chi connectivity index (χ1n) is 9.11. The fourth-order valence-corrected chi connectivity index (χ4v) is 3.04. The molecule has 0 fully saturated rings. The highest BCUT2D eigenvalue weighted by Crippen LogP contribution is 2.24. The van der Waals surface area contributed by atoms with Crippen molar-refractivity contribution in [3.63, 3.8) is 0 Å². The van der Waals surface area contributed by atoms with Crippen molar-refractivity contribution in [2.24, 2.45) is 0 Å². The molecule has 0 aliphatic rings. The third-order valence-corrected chi connectivity index (χ3v) is 4.58. The summed E-state index contributed by atoms with van der Waals surface area (Å²) in [7, 11) is 1.60. The maximum atomic E-state index is 12.2. The van der Waals surface area contributed by atoms with Crippen molar-refractivity contribution < 1.29 is 14.3 Å². The highest BCUT2D eigenvalue weighted by atomic mass is 79.9. The topological polar surface area (TPSA) is 65.4 Å².